The van der Waals surface area contributed by atoms with Gasteiger partial charge in [0, 0.05) is 17.8 Å². The number of nitriles is 3. The Kier molecular flexibility index (Phi) is 5.33. The van der Waals surface area contributed by atoms with Crippen molar-refractivity contribution < 1.29 is 0 Å². The summed E-state index contributed by atoms with van der Waals surface area (Å²) in [6.45, 7) is 3.59. The minimum absolute atomic E-state index is 0.101. The van der Waals surface area contributed by atoms with E-state index in [2.05, 4.69) is 18.2 Å². The predicted octanol–water partition coefficient (Wildman–Crippen LogP) is 2.23. The zero-order valence-corrected chi connectivity index (χ0v) is 7.99. The molecule has 0 aliphatic carbocycles. The Hall–Kier alpha value is -1.53. The molecule has 0 aromatic carbocycles. The maximum absolute atomic E-state index is 8.75. The Morgan fingerprint density at radius 3 is 1.46 bits per heavy atom. The van der Waals surface area contributed by atoms with Crippen LogP contribution >= 0.6 is 0 Å². The van der Waals surface area contributed by atoms with E-state index in [9.17, 15) is 0 Å². The second kappa shape index (κ2) is 6.04. The smallest absolute Gasteiger partial charge is 0.0656 e. The molecule has 3 heteroatoms. The molecule has 0 saturated heterocycles. The van der Waals surface area contributed by atoms with E-state index in [1.54, 1.807) is 13.8 Å². The van der Waals surface area contributed by atoms with Crippen molar-refractivity contribution in [1.82, 2.24) is 0 Å². The largest absolute Gasteiger partial charge is 0.198 e. The highest BCUT2D eigenvalue weighted by Crippen LogP contribution is 2.18. The Morgan fingerprint density at radius 2 is 1.23 bits per heavy atom. The van der Waals surface area contributed by atoms with Crippen molar-refractivity contribution in [2.75, 3.05) is 0 Å². The predicted molar refractivity (Wildman–Crippen MR) is 47.9 cm³/mol. The molecule has 0 amide bonds. The lowest BCUT2D eigenvalue weighted by Gasteiger charge is -2.10. The molecular formula is C10H13N3. The number of rotatable bonds is 4. The average molecular weight is 175 g/mol. The van der Waals surface area contributed by atoms with E-state index in [4.69, 9.17) is 15.8 Å². The van der Waals surface area contributed by atoms with Gasteiger partial charge in [-0.15, -0.1) is 0 Å². The summed E-state index contributed by atoms with van der Waals surface area (Å²) in [7, 11) is 0. The molecule has 0 aromatic rings. The first-order chi connectivity index (χ1) is 6.13. The molecule has 0 bridgehead atoms. The van der Waals surface area contributed by atoms with Crippen LogP contribution in [0.4, 0.5) is 0 Å². The van der Waals surface area contributed by atoms with E-state index in [1.165, 1.54) is 0 Å². The third-order valence-corrected chi connectivity index (χ3v) is 1.90. The Balaban J connectivity index is 4.02. The molecule has 13 heavy (non-hydrogen) atoms. The molecule has 3 nitrogen and oxygen atoms in total. The SMILES string of the molecule is CC(C#N)CC(C#N)CC(C)C#N. The van der Waals surface area contributed by atoms with Crippen LogP contribution in [0.1, 0.15) is 26.7 Å². The van der Waals surface area contributed by atoms with Crippen molar-refractivity contribution in [1.29, 1.82) is 15.8 Å². The zero-order chi connectivity index (χ0) is 10.3. The van der Waals surface area contributed by atoms with Gasteiger partial charge in [-0.2, -0.15) is 15.8 Å². The van der Waals surface area contributed by atoms with Crippen LogP contribution in [0.3, 0.4) is 0 Å². The molecule has 0 fully saturated rings. The van der Waals surface area contributed by atoms with Gasteiger partial charge in [0.1, 0.15) is 0 Å². The Labute approximate surface area is 79.2 Å². The first kappa shape index (κ1) is 11.5. The van der Waals surface area contributed by atoms with Gasteiger partial charge >= 0.3 is 0 Å². The molecule has 0 aromatic heterocycles. The molecular weight excluding hydrogens is 162 g/mol. The zero-order valence-electron chi connectivity index (χ0n) is 7.99. The van der Waals surface area contributed by atoms with Crippen molar-refractivity contribution in [3.8, 4) is 18.2 Å². The van der Waals surface area contributed by atoms with Crippen LogP contribution in [0.2, 0.25) is 0 Å². The summed E-state index contributed by atoms with van der Waals surface area (Å²) < 4.78 is 0. The fraction of sp³-hybridized carbons (Fsp3) is 0.700. The van der Waals surface area contributed by atoms with Gasteiger partial charge in [-0.3, -0.25) is 0 Å². The highest BCUT2D eigenvalue weighted by Gasteiger charge is 2.15. The average Bonchev–Trinajstić information content (AvgIpc) is 2.16. The van der Waals surface area contributed by atoms with Crippen molar-refractivity contribution in [3.05, 3.63) is 0 Å². The summed E-state index contributed by atoms with van der Waals surface area (Å²) in [5.74, 6) is -0.365. The van der Waals surface area contributed by atoms with Gasteiger partial charge in [0.25, 0.3) is 0 Å². The molecule has 0 spiro atoms. The molecule has 0 saturated carbocycles. The van der Waals surface area contributed by atoms with Crippen LogP contribution in [-0.2, 0) is 0 Å². The lowest BCUT2D eigenvalue weighted by atomic mass is 9.90. The van der Waals surface area contributed by atoms with Gasteiger partial charge in [0.2, 0.25) is 0 Å². The molecule has 0 aliphatic rings. The van der Waals surface area contributed by atoms with Gasteiger partial charge in [0.15, 0.2) is 0 Å². The molecule has 0 aliphatic heterocycles. The summed E-state index contributed by atoms with van der Waals surface area (Å²) in [4.78, 5) is 0. The van der Waals surface area contributed by atoms with Crippen molar-refractivity contribution >= 4 is 0 Å². The quantitative estimate of drug-likeness (QED) is 0.657. The van der Waals surface area contributed by atoms with Crippen LogP contribution in [0.25, 0.3) is 0 Å². The number of hydrogen-bond acceptors (Lipinski definition) is 3. The van der Waals surface area contributed by atoms with Crippen molar-refractivity contribution in [3.63, 3.8) is 0 Å². The van der Waals surface area contributed by atoms with Gasteiger partial charge in [-0.05, 0) is 26.7 Å². The number of hydrogen-bond donors (Lipinski definition) is 0. The minimum Gasteiger partial charge on any atom is -0.198 e. The fourth-order valence-electron chi connectivity index (χ4n) is 1.16. The molecule has 68 valence electrons. The normalized spacial score (nSPS) is 15.9. The minimum atomic E-state index is -0.163. The van der Waals surface area contributed by atoms with E-state index in [0.29, 0.717) is 12.8 Å². The van der Waals surface area contributed by atoms with Gasteiger partial charge < -0.3 is 0 Å². The third kappa shape index (κ3) is 4.83. The Morgan fingerprint density at radius 1 is 0.846 bits per heavy atom. The van der Waals surface area contributed by atoms with Crippen molar-refractivity contribution in [2.45, 2.75) is 26.7 Å². The third-order valence-electron chi connectivity index (χ3n) is 1.90. The first-order valence-corrected chi connectivity index (χ1v) is 4.32. The summed E-state index contributed by atoms with van der Waals surface area (Å²) in [6.07, 6.45) is 1.14. The topological polar surface area (TPSA) is 71.4 Å². The second-order valence-corrected chi connectivity index (χ2v) is 3.36. The van der Waals surface area contributed by atoms with Crippen LogP contribution in [0.5, 0.6) is 0 Å². The van der Waals surface area contributed by atoms with Crippen LogP contribution in [0, 0.1) is 51.7 Å². The summed E-state index contributed by atoms with van der Waals surface area (Å²) in [5.41, 5.74) is 0. The molecule has 2 atom stereocenters. The Bertz CT molecular complexity index is 241. The maximum atomic E-state index is 8.75. The standard InChI is InChI=1S/C10H13N3/c1-8(5-11)3-10(7-13)4-9(2)6-12/h8-10H,3-4H2,1-2H3. The van der Waals surface area contributed by atoms with E-state index in [-0.39, 0.29) is 17.8 Å². The van der Waals surface area contributed by atoms with Gasteiger partial charge in [-0.1, -0.05) is 0 Å². The van der Waals surface area contributed by atoms with E-state index < -0.39 is 0 Å². The fourth-order valence-corrected chi connectivity index (χ4v) is 1.16. The molecule has 0 heterocycles. The van der Waals surface area contributed by atoms with Crippen LogP contribution < -0.4 is 0 Å². The molecule has 2 unspecified atom stereocenters. The van der Waals surface area contributed by atoms with E-state index >= 15 is 0 Å². The summed E-state index contributed by atoms with van der Waals surface area (Å²) in [5, 5.41) is 25.8. The monoisotopic (exact) mass is 175 g/mol. The number of nitrogens with zero attached hydrogens (tertiary/aromatic N) is 3. The van der Waals surface area contributed by atoms with Crippen molar-refractivity contribution in [2.24, 2.45) is 17.8 Å². The van der Waals surface area contributed by atoms with Gasteiger partial charge in [0.05, 0.1) is 18.2 Å². The highest BCUT2D eigenvalue weighted by molar-refractivity contribution is 4.93. The highest BCUT2D eigenvalue weighted by atomic mass is 14.3. The summed E-state index contributed by atoms with van der Waals surface area (Å²) >= 11 is 0. The van der Waals surface area contributed by atoms with E-state index in [1.807, 2.05) is 0 Å². The lowest BCUT2D eigenvalue weighted by Crippen LogP contribution is -2.07. The molecule has 0 N–H and O–H groups in total. The molecule has 0 rings (SSSR count). The molecule has 0 radical (unpaired) electrons. The first-order valence-electron chi connectivity index (χ1n) is 4.32. The second-order valence-electron chi connectivity index (χ2n) is 3.36. The lowest BCUT2D eigenvalue weighted by molar-refractivity contribution is 0.454. The van der Waals surface area contributed by atoms with Crippen LogP contribution in [0.15, 0.2) is 0 Å². The summed E-state index contributed by atoms with van der Waals surface area (Å²) in [6, 6.07) is 6.30. The van der Waals surface area contributed by atoms with Gasteiger partial charge in [-0.25, -0.2) is 0 Å². The van der Waals surface area contributed by atoms with Crippen LogP contribution in [-0.4, -0.2) is 0 Å². The van der Waals surface area contributed by atoms with E-state index in [0.717, 1.165) is 0 Å². The maximum Gasteiger partial charge on any atom is 0.0656 e.